The van der Waals surface area contributed by atoms with Gasteiger partial charge in [-0.25, -0.2) is 0 Å². The molecule has 0 unspecified atom stereocenters. The van der Waals surface area contributed by atoms with E-state index in [1.165, 1.54) is 96.3 Å². The van der Waals surface area contributed by atoms with Crippen LogP contribution < -0.4 is 0 Å². The van der Waals surface area contributed by atoms with Gasteiger partial charge < -0.3 is 24.8 Å². The van der Waals surface area contributed by atoms with Gasteiger partial charge in [-0.3, -0.25) is 0 Å². The van der Waals surface area contributed by atoms with Crippen molar-refractivity contribution in [2.24, 2.45) is 0 Å². The number of aliphatic hydroxyl groups is 3. The Balaban J connectivity index is 1.73. The lowest BCUT2D eigenvalue weighted by molar-refractivity contribution is -0.0813. The van der Waals surface area contributed by atoms with Crippen molar-refractivity contribution in [3.63, 3.8) is 0 Å². The van der Waals surface area contributed by atoms with E-state index in [2.05, 4.69) is 6.92 Å². The molecule has 1 rings (SSSR count). The predicted octanol–water partition coefficient (Wildman–Crippen LogP) is 5.14. The summed E-state index contributed by atoms with van der Waals surface area (Å²) >= 11 is 0. The van der Waals surface area contributed by atoms with Gasteiger partial charge in [-0.05, 0) is 6.42 Å². The molecular weight excluding hydrogens is 380 g/mol. The first-order chi connectivity index (χ1) is 14.7. The van der Waals surface area contributed by atoms with E-state index < -0.39 is 24.4 Å². The lowest BCUT2D eigenvalue weighted by atomic mass is 10.0. The maximum Gasteiger partial charge on any atom is 0.114 e. The van der Waals surface area contributed by atoms with Gasteiger partial charge in [-0.15, -0.1) is 0 Å². The zero-order chi connectivity index (χ0) is 21.9. The van der Waals surface area contributed by atoms with Gasteiger partial charge in [-0.2, -0.15) is 0 Å². The minimum absolute atomic E-state index is 0.0715. The lowest BCUT2D eigenvalue weighted by Gasteiger charge is -2.20. The molecule has 0 aromatic carbocycles. The number of hydrogen-bond acceptors (Lipinski definition) is 5. The van der Waals surface area contributed by atoms with E-state index in [0.717, 1.165) is 12.8 Å². The molecule has 5 heteroatoms. The first-order valence-corrected chi connectivity index (χ1v) is 12.9. The van der Waals surface area contributed by atoms with Crippen LogP contribution in [0.3, 0.4) is 0 Å². The molecule has 1 fully saturated rings. The average molecular weight is 431 g/mol. The summed E-state index contributed by atoms with van der Waals surface area (Å²) in [5, 5.41) is 29.1. The van der Waals surface area contributed by atoms with Crippen molar-refractivity contribution in [3.05, 3.63) is 0 Å². The largest absolute Gasteiger partial charge is 0.388 e. The van der Waals surface area contributed by atoms with Gasteiger partial charge in [0.15, 0.2) is 0 Å². The van der Waals surface area contributed by atoms with Crippen LogP contribution in [0.25, 0.3) is 0 Å². The van der Waals surface area contributed by atoms with Crippen LogP contribution in [0, 0.1) is 0 Å². The average Bonchev–Trinajstić information content (AvgIpc) is 3.08. The first-order valence-electron chi connectivity index (χ1n) is 12.9. The van der Waals surface area contributed by atoms with Gasteiger partial charge >= 0.3 is 0 Å². The number of ether oxygens (including phenoxy) is 2. The fraction of sp³-hybridized carbons (Fsp3) is 1.00. The smallest absolute Gasteiger partial charge is 0.114 e. The van der Waals surface area contributed by atoms with E-state index in [1.807, 2.05) is 0 Å². The van der Waals surface area contributed by atoms with E-state index in [0.29, 0.717) is 6.61 Å². The second kappa shape index (κ2) is 19.5. The molecule has 0 amide bonds. The molecule has 0 aliphatic carbocycles. The molecule has 0 aromatic rings. The SMILES string of the molecule is CCCCCCCCCCCCCCCCCCCOC[C@@H](O)[C@H]1OC[C@H](O)[C@H]1O. The monoisotopic (exact) mass is 430 g/mol. The lowest BCUT2D eigenvalue weighted by Crippen LogP contribution is -2.40. The van der Waals surface area contributed by atoms with Gasteiger partial charge in [0.2, 0.25) is 0 Å². The zero-order valence-corrected chi connectivity index (χ0v) is 19.6. The van der Waals surface area contributed by atoms with Crippen LogP contribution >= 0.6 is 0 Å². The van der Waals surface area contributed by atoms with E-state index in [4.69, 9.17) is 9.47 Å². The molecule has 0 bridgehead atoms. The van der Waals surface area contributed by atoms with Gasteiger partial charge in [0.05, 0.1) is 13.2 Å². The molecule has 4 atom stereocenters. The minimum Gasteiger partial charge on any atom is -0.388 e. The Kier molecular flexibility index (Phi) is 18.1. The minimum atomic E-state index is -1.02. The summed E-state index contributed by atoms with van der Waals surface area (Å²) in [6, 6.07) is 0. The van der Waals surface area contributed by atoms with Crippen LogP contribution in [-0.4, -0.2) is 59.6 Å². The number of aliphatic hydroxyl groups excluding tert-OH is 3. The summed E-state index contributed by atoms with van der Waals surface area (Å²) in [4.78, 5) is 0. The van der Waals surface area contributed by atoms with E-state index in [9.17, 15) is 15.3 Å². The molecule has 1 saturated heterocycles. The van der Waals surface area contributed by atoms with Crippen molar-refractivity contribution in [1.82, 2.24) is 0 Å². The second-order valence-corrected chi connectivity index (χ2v) is 9.16. The van der Waals surface area contributed by atoms with Crippen LogP contribution in [-0.2, 0) is 9.47 Å². The Morgan fingerprint density at radius 2 is 1.17 bits per heavy atom. The fourth-order valence-electron chi connectivity index (χ4n) is 4.19. The maximum absolute atomic E-state index is 9.96. The van der Waals surface area contributed by atoms with Gasteiger partial charge in [0.1, 0.15) is 24.4 Å². The highest BCUT2D eigenvalue weighted by Crippen LogP contribution is 2.18. The fourth-order valence-corrected chi connectivity index (χ4v) is 4.19. The second-order valence-electron chi connectivity index (χ2n) is 9.16. The molecule has 3 N–H and O–H groups in total. The Hall–Kier alpha value is -0.200. The Morgan fingerprint density at radius 3 is 1.57 bits per heavy atom. The third kappa shape index (κ3) is 14.0. The van der Waals surface area contributed by atoms with Crippen molar-refractivity contribution in [1.29, 1.82) is 0 Å². The summed E-state index contributed by atoms with van der Waals surface area (Å²) in [5.41, 5.74) is 0. The zero-order valence-electron chi connectivity index (χ0n) is 19.6. The van der Waals surface area contributed by atoms with Crippen molar-refractivity contribution >= 4 is 0 Å². The molecule has 0 saturated carbocycles. The topological polar surface area (TPSA) is 79.2 Å². The summed E-state index contributed by atoms with van der Waals surface area (Å²) in [7, 11) is 0. The summed E-state index contributed by atoms with van der Waals surface area (Å²) < 4.78 is 10.7. The van der Waals surface area contributed by atoms with Crippen LogP contribution in [0.2, 0.25) is 0 Å². The standard InChI is InChI=1S/C25H50O5/c1-2-3-4-5-6-7-8-9-10-11-12-13-14-15-16-17-18-19-29-20-23(27)25-24(28)22(26)21-30-25/h22-28H,2-21H2,1H3/t22-,23+,24+,25+/m0/s1. The van der Waals surface area contributed by atoms with Gasteiger partial charge in [0.25, 0.3) is 0 Å². The normalized spacial score (nSPS) is 22.6. The molecule has 1 aliphatic heterocycles. The summed E-state index contributed by atoms with van der Waals surface area (Å²) in [5.74, 6) is 0. The number of rotatable bonds is 21. The van der Waals surface area contributed by atoms with Crippen molar-refractivity contribution in [2.45, 2.75) is 140 Å². The molecule has 0 aromatic heterocycles. The van der Waals surface area contributed by atoms with Crippen LogP contribution in [0.1, 0.15) is 116 Å². The third-order valence-corrected chi connectivity index (χ3v) is 6.25. The molecule has 1 heterocycles. The van der Waals surface area contributed by atoms with Crippen molar-refractivity contribution in [2.75, 3.05) is 19.8 Å². The Labute approximate surface area is 185 Å². The third-order valence-electron chi connectivity index (χ3n) is 6.25. The highest BCUT2D eigenvalue weighted by molar-refractivity contribution is 4.87. The first kappa shape index (κ1) is 27.8. The Morgan fingerprint density at radius 1 is 0.733 bits per heavy atom. The molecule has 180 valence electrons. The summed E-state index contributed by atoms with van der Waals surface area (Å²) in [6.07, 6.45) is 19.4. The van der Waals surface area contributed by atoms with E-state index in [-0.39, 0.29) is 13.2 Å². The van der Waals surface area contributed by atoms with E-state index >= 15 is 0 Å². The molecule has 0 radical (unpaired) electrons. The molecule has 5 nitrogen and oxygen atoms in total. The van der Waals surface area contributed by atoms with E-state index in [1.54, 1.807) is 0 Å². The van der Waals surface area contributed by atoms with Crippen molar-refractivity contribution in [3.8, 4) is 0 Å². The molecule has 1 aliphatic rings. The predicted molar refractivity (Wildman–Crippen MR) is 123 cm³/mol. The highest BCUT2D eigenvalue weighted by Gasteiger charge is 2.39. The quantitative estimate of drug-likeness (QED) is 0.220. The van der Waals surface area contributed by atoms with Crippen LogP contribution in [0.4, 0.5) is 0 Å². The van der Waals surface area contributed by atoms with Crippen molar-refractivity contribution < 1.29 is 24.8 Å². The van der Waals surface area contributed by atoms with Crippen LogP contribution in [0.15, 0.2) is 0 Å². The maximum atomic E-state index is 9.96. The van der Waals surface area contributed by atoms with Gasteiger partial charge in [-0.1, -0.05) is 110 Å². The molecule has 30 heavy (non-hydrogen) atoms. The highest BCUT2D eigenvalue weighted by atomic mass is 16.5. The van der Waals surface area contributed by atoms with Crippen LogP contribution in [0.5, 0.6) is 0 Å². The number of unbranched alkanes of at least 4 members (excludes halogenated alkanes) is 16. The molecular formula is C25H50O5. The number of hydrogen-bond donors (Lipinski definition) is 3. The molecule has 0 spiro atoms. The van der Waals surface area contributed by atoms with Gasteiger partial charge in [0, 0.05) is 6.61 Å². The summed E-state index contributed by atoms with van der Waals surface area (Å²) in [6.45, 7) is 3.12. The Bertz CT molecular complexity index is 365.